The summed E-state index contributed by atoms with van der Waals surface area (Å²) in [5.74, 6) is -1.79. The third-order valence-corrected chi connectivity index (χ3v) is 4.70. The van der Waals surface area contributed by atoms with Crippen LogP contribution >= 0.6 is 11.3 Å². The van der Waals surface area contributed by atoms with E-state index in [0.717, 1.165) is 16.9 Å². The van der Waals surface area contributed by atoms with Crippen LogP contribution in [-0.2, 0) is 30.3 Å². The number of hydrogen-bond donors (Lipinski definition) is 1. The highest BCUT2D eigenvalue weighted by Crippen LogP contribution is 2.34. The molecule has 0 bridgehead atoms. The zero-order valence-electron chi connectivity index (χ0n) is 14.9. The molecule has 0 aliphatic heterocycles. The quantitative estimate of drug-likeness (QED) is 0.672. The second kappa shape index (κ2) is 9.93. The molecule has 138 valence electrons. The molecule has 1 aromatic rings. The van der Waals surface area contributed by atoms with E-state index >= 15 is 0 Å². The van der Waals surface area contributed by atoms with Gasteiger partial charge in [0.1, 0.15) is 10.8 Å². The number of aryl methyl sites for hydroxylation is 1. The predicted molar refractivity (Wildman–Crippen MR) is 93.9 cm³/mol. The Morgan fingerprint density at radius 2 is 1.76 bits per heavy atom. The normalized spacial score (nSPS) is 10.2. The Hall–Kier alpha value is -2.22. The molecule has 0 atom stereocenters. The molecule has 8 heteroatoms. The van der Waals surface area contributed by atoms with E-state index in [0.29, 0.717) is 10.6 Å². The van der Waals surface area contributed by atoms with Gasteiger partial charge in [0.05, 0.1) is 18.6 Å². The van der Waals surface area contributed by atoms with Crippen molar-refractivity contribution in [3.05, 3.63) is 16.0 Å². The molecule has 25 heavy (non-hydrogen) atoms. The number of nitrogens with one attached hydrogen (secondary N) is 1. The minimum Gasteiger partial charge on any atom is -0.462 e. The first-order valence-corrected chi connectivity index (χ1v) is 8.86. The van der Waals surface area contributed by atoms with E-state index in [2.05, 4.69) is 5.32 Å². The summed E-state index contributed by atoms with van der Waals surface area (Å²) < 4.78 is 9.86. The van der Waals surface area contributed by atoms with Crippen molar-refractivity contribution in [1.29, 1.82) is 0 Å². The Bertz CT molecular complexity index is 664. The SMILES string of the molecule is CCOC(=O)c1c(NC(=O)COC(=O)CCC(C)=O)sc(CC)c1C. The van der Waals surface area contributed by atoms with E-state index < -0.39 is 24.5 Å². The highest BCUT2D eigenvalue weighted by atomic mass is 32.1. The number of thiophene rings is 1. The van der Waals surface area contributed by atoms with E-state index in [4.69, 9.17) is 9.47 Å². The largest absolute Gasteiger partial charge is 0.462 e. The maximum atomic E-state index is 12.1. The second-order valence-corrected chi connectivity index (χ2v) is 6.44. The van der Waals surface area contributed by atoms with Gasteiger partial charge in [-0.05, 0) is 32.8 Å². The summed E-state index contributed by atoms with van der Waals surface area (Å²) in [7, 11) is 0. The monoisotopic (exact) mass is 369 g/mol. The number of Topliss-reactive ketones (excluding diaryl/α,β-unsaturated/α-hetero) is 1. The summed E-state index contributed by atoms with van der Waals surface area (Å²) >= 11 is 1.30. The number of ether oxygens (including phenoxy) is 2. The Morgan fingerprint density at radius 3 is 2.32 bits per heavy atom. The van der Waals surface area contributed by atoms with Gasteiger partial charge in [0.15, 0.2) is 6.61 Å². The molecule has 7 nitrogen and oxygen atoms in total. The fraction of sp³-hybridized carbons (Fsp3) is 0.529. The minimum atomic E-state index is -0.618. The zero-order chi connectivity index (χ0) is 19.0. The lowest BCUT2D eigenvalue weighted by atomic mass is 10.1. The summed E-state index contributed by atoms with van der Waals surface area (Å²) in [5.41, 5.74) is 1.11. The molecule has 0 saturated carbocycles. The van der Waals surface area contributed by atoms with Gasteiger partial charge in [0, 0.05) is 11.3 Å². The number of esters is 2. The van der Waals surface area contributed by atoms with Gasteiger partial charge in [0.2, 0.25) is 0 Å². The third-order valence-electron chi connectivity index (χ3n) is 3.34. The summed E-state index contributed by atoms with van der Waals surface area (Å²) in [6.07, 6.45) is 0.741. The topological polar surface area (TPSA) is 98.8 Å². The molecule has 0 fully saturated rings. The average Bonchev–Trinajstić information content (AvgIpc) is 2.86. The maximum absolute atomic E-state index is 12.1. The smallest absolute Gasteiger partial charge is 0.341 e. The average molecular weight is 369 g/mol. The molecule has 0 aliphatic rings. The lowest BCUT2D eigenvalue weighted by Crippen LogP contribution is -2.22. The van der Waals surface area contributed by atoms with Crippen LogP contribution in [0, 0.1) is 6.92 Å². The highest BCUT2D eigenvalue weighted by molar-refractivity contribution is 7.17. The molecule has 0 aliphatic carbocycles. The number of rotatable bonds is 9. The molecular weight excluding hydrogens is 346 g/mol. The van der Waals surface area contributed by atoms with Crippen LogP contribution in [0.4, 0.5) is 5.00 Å². The first-order valence-electron chi connectivity index (χ1n) is 8.04. The minimum absolute atomic E-state index is 0.0607. The molecule has 0 aromatic carbocycles. The molecule has 0 radical (unpaired) electrons. The van der Waals surface area contributed by atoms with E-state index in [1.54, 1.807) is 13.8 Å². The van der Waals surface area contributed by atoms with Crippen molar-refractivity contribution in [3.63, 3.8) is 0 Å². The van der Waals surface area contributed by atoms with Crippen molar-refractivity contribution in [2.75, 3.05) is 18.5 Å². The molecule has 1 heterocycles. The number of anilines is 1. The summed E-state index contributed by atoms with van der Waals surface area (Å²) in [4.78, 5) is 47.4. The standard InChI is InChI=1S/C17H23NO6S/c1-5-12-11(4)15(17(22)23-6-2)16(25-12)18-13(20)9-24-14(21)8-7-10(3)19/h5-9H2,1-4H3,(H,18,20). The molecule has 0 unspecified atom stereocenters. The Balaban J connectivity index is 2.74. The van der Waals surface area contributed by atoms with Gasteiger partial charge in [-0.3, -0.25) is 9.59 Å². The predicted octanol–water partition coefficient (Wildman–Crippen LogP) is 2.65. The van der Waals surface area contributed by atoms with Crippen LogP contribution in [-0.4, -0.2) is 36.8 Å². The van der Waals surface area contributed by atoms with Crippen LogP contribution < -0.4 is 5.32 Å². The van der Waals surface area contributed by atoms with Gasteiger partial charge < -0.3 is 19.6 Å². The summed E-state index contributed by atoms with van der Waals surface area (Å²) in [6, 6.07) is 0. The van der Waals surface area contributed by atoms with E-state index in [9.17, 15) is 19.2 Å². The van der Waals surface area contributed by atoms with Crippen LogP contribution in [0.2, 0.25) is 0 Å². The Morgan fingerprint density at radius 1 is 1.08 bits per heavy atom. The second-order valence-electron chi connectivity index (χ2n) is 5.34. The molecule has 1 rings (SSSR count). The molecule has 0 saturated heterocycles. The number of ketones is 1. The molecule has 1 aromatic heterocycles. The van der Waals surface area contributed by atoms with Crippen molar-refractivity contribution in [3.8, 4) is 0 Å². The highest BCUT2D eigenvalue weighted by Gasteiger charge is 2.23. The molecule has 1 N–H and O–H groups in total. The fourth-order valence-corrected chi connectivity index (χ4v) is 3.24. The van der Waals surface area contributed by atoms with Crippen LogP contribution in [0.15, 0.2) is 0 Å². The number of hydrogen-bond acceptors (Lipinski definition) is 7. The van der Waals surface area contributed by atoms with Gasteiger partial charge in [-0.15, -0.1) is 11.3 Å². The third kappa shape index (κ3) is 6.30. The Labute approximate surface area is 150 Å². The summed E-state index contributed by atoms with van der Waals surface area (Å²) in [5, 5.41) is 2.99. The number of carbonyl (C=O) groups is 4. The lowest BCUT2D eigenvalue weighted by molar-refractivity contribution is -0.148. The van der Waals surface area contributed by atoms with Crippen molar-refractivity contribution in [1.82, 2.24) is 0 Å². The first-order chi connectivity index (χ1) is 11.8. The first kappa shape index (κ1) is 20.8. The van der Waals surface area contributed by atoms with Crippen LogP contribution in [0.1, 0.15) is 54.4 Å². The molecule has 1 amide bonds. The van der Waals surface area contributed by atoms with E-state index in [1.807, 2.05) is 6.92 Å². The number of amides is 1. The van der Waals surface area contributed by atoms with E-state index in [-0.39, 0.29) is 25.2 Å². The Kier molecular flexibility index (Phi) is 8.27. The van der Waals surface area contributed by atoms with Crippen molar-refractivity contribution < 1.29 is 28.7 Å². The van der Waals surface area contributed by atoms with Crippen LogP contribution in [0.3, 0.4) is 0 Å². The maximum Gasteiger partial charge on any atom is 0.341 e. The van der Waals surface area contributed by atoms with Gasteiger partial charge in [-0.1, -0.05) is 6.92 Å². The fourth-order valence-electron chi connectivity index (χ4n) is 2.09. The van der Waals surface area contributed by atoms with Gasteiger partial charge in [0.25, 0.3) is 5.91 Å². The molecular formula is C17H23NO6S. The summed E-state index contributed by atoms with van der Waals surface area (Å²) in [6.45, 7) is 6.60. The molecule has 0 spiro atoms. The van der Waals surface area contributed by atoms with Crippen LogP contribution in [0.5, 0.6) is 0 Å². The van der Waals surface area contributed by atoms with Gasteiger partial charge in [-0.25, -0.2) is 4.79 Å². The number of carbonyl (C=O) groups excluding carboxylic acids is 4. The van der Waals surface area contributed by atoms with Crippen molar-refractivity contribution >= 4 is 40.0 Å². The zero-order valence-corrected chi connectivity index (χ0v) is 15.7. The van der Waals surface area contributed by atoms with E-state index in [1.165, 1.54) is 18.3 Å². The van der Waals surface area contributed by atoms with Crippen LogP contribution in [0.25, 0.3) is 0 Å². The van der Waals surface area contributed by atoms with Crippen molar-refractivity contribution in [2.45, 2.75) is 47.0 Å². The van der Waals surface area contributed by atoms with Crippen molar-refractivity contribution in [2.24, 2.45) is 0 Å². The lowest BCUT2D eigenvalue weighted by Gasteiger charge is -2.07. The van der Waals surface area contributed by atoms with Gasteiger partial charge >= 0.3 is 11.9 Å². The van der Waals surface area contributed by atoms with Gasteiger partial charge in [-0.2, -0.15) is 0 Å².